The second-order valence-corrected chi connectivity index (χ2v) is 4.68. The van der Waals surface area contributed by atoms with Crippen molar-refractivity contribution in [2.24, 2.45) is 0 Å². The van der Waals surface area contributed by atoms with Gasteiger partial charge in [-0.3, -0.25) is 4.79 Å². The molecule has 0 radical (unpaired) electrons. The van der Waals surface area contributed by atoms with E-state index in [1.807, 2.05) is 0 Å². The van der Waals surface area contributed by atoms with Gasteiger partial charge in [0, 0.05) is 11.6 Å². The molecule has 0 bridgehead atoms. The molecule has 2 aromatic rings. The van der Waals surface area contributed by atoms with Gasteiger partial charge in [-0.15, -0.1) is 0 Å². The SMILES string of the molecule is CCOC(=O)[C@@H](CC)n1nc(-c2ccc(F)cc2)ccc1=O. The van der Waals surface area contributed by atoms with Gasteiger partial charge >= 0.3 is 5.97 Å². The van der Waals surface area contributed by atoms with Crippen LogP contribution in [0.2, 0.25) is 0 Å². The van der Waals surface area contributed by atoms with Gasteiger partial charge in [-0.1, -0.05) is 6.92 Å². The largest absolute Gasteiger partial charge is 0.464 e. The molecule has 0 aliphatic heterocycles. The first-order valence-electron chi connectivity index (χ1n) is 7.09. The van der Waals surface area contributed by atoms with Crippen molar-refractivity contribution in [3.05, 3.63) is 52.6 Å². The number of hydrogen-bond donors (Lipinski definition) is 0. The number of hydrogen-bond acceptors (Lipinski definition) is 4. The van der Waals surface area contributed by atoms with Crippen molar-refractivity contribution in [1.82, 2.24) is 9.78 Å². The van der Waals surface area contributed by atoms with Gasteiger partial charge in [-0.2, -0.15) is 5.10 Å². The molecule has 0 fully saturated rings. The smallest absolute Gasteiger partial charge is 0.331 e. The monoisotopic (exact) mass is 304 g/mol. The highest BCUT2D eigenvalue weighted by Crippen LogP contribution is 2.17. The maximum absolute atomic E-state index is 13.0. The first-order valence-corrected chi connectivity index (χ1v) is 7.09. The molecule has 0 saturated heterocycles. The quantitative estimate of drug-likeness (QED) is 0.797. The summed E-state index contributed by atoms with van der Waals surface area (Å²) >= 11 is 0. The maximum Gasteiger partial charge on any atom is 0.331 e. The lowest BCUT2D eigenvalue weighted by Gasteiger charge is -2.16. The third-order valence-corrected chi connectivity index (χ3v) is 3.21. The molecule has 1 atom stereocenters. The molecule has 0 aliphatic carbocycles. The lowest BCUT2D eigenvalue weighted by Crippen LogP contribution is -2.32. The van der Waals surface area contributed by atoms with E-state index < -0.39 is 12.0 Å². The fourth-order valence-corrected chi connectivity index (χ4v) is 2.10. The van der Waals surface area contributed by atoms with Gasteiger partial charge in [-0.25, -0.2) is 13.9 Å². The molecule has 1 heterocycles. The average Bonchev–Trinajstić information content (AvgIpc) is 2.51. The zero-order valence-corrected chi connectivity index (χ0v) is 12.5. The van der Waals surface area contributed by atoms with Crippen LogP contribution in [0.15, 0.2) is 41.2 Å². The number of benzene rings is 1. The highest BCUT2D eigenvalue weighted by molar-refractivity contribution is 5.74. The van der Waals surface area contributed by atoms with Crippen molar-refractivity contribution in [2.45, 2.75) is 26.3 Å². The summed E-state index contributed by atoms with van der Waals surface area (Å²) in [6.45, 7) is 3.72. The number of nitrogens with zero attached hydrogens (tertiary/aromatic N) is 2. The van der Waals surface area contributed by atoms with Crippen LogP contribution in [0.1, 0.15) is 26.3 Å². The molecule has 1 aromatic heterocycles. The Kier molecular flexibility index (Phi) is 5.04. The van der Waals surface area contributed by atoms with Crippen LogP contribution in [-0.4, -0.2) is 22.4 Å². The van der Waals surface area contributed by atoms with Crippen LogP contribution in [-0.2, 0) is 9.53 Å². The molecule has 0 spiro atoms. The van der Waals surface area contributed by atoms with Gasteiger partial charge in [0.25, 0.3) is 5.56 Å². The third-order valence-electron chi connectivity index (χ3n) is 3.21. The fraction of sp³-hybridized carbons (Fsp3) is 0.312. The Balaban J connectivity index is 2.43. The van der Waals surface area contributed by atoms with Crippen LogP contribution in [0, 0.1) is 5.82 Å². The van der Waals surface area contributed by atoms with E-state index in [9.17, 15) is 14.0 Å². The minimum Gasteiger partial charge on any atom is -0.464 e. The van der Waals surface area contributed by atoms with Crippen LogP contribution in [0.3, 0.4) is 0 Å². The molecule has 116 valence electrons. The van der Waals surface area contributed by atoms with Crippen molar-refractivity contribution in [3.8, 4) is 11.3 Å². The summed E-state index contributed by atoms with van der Waals surface area (Å²) < 4.78 is 19.1. The zero-order valence-electron chi connectivity index (χ0n) is 12.5. The Bertz CT molecular complexity index is 710. The van der Waals surface area contributed by atoms with E-state index in [-0.39, 0.29) is 18.0 Å². The summed E-state index contributed by atoms with van der Waals surface area (Å²) in [5.74, 6) is -0.842. The lowest BCUT2D eigenvalue weighted by molar-refractivity contribution is -0.147. The normalized spacial score (nSPS) is 12.0. The Morgan fingerprint density at radius 1 is 1.23 bits per heavy atom. The molecule has 1 aromatic carbocycles. The third kappa shape index (κ3) is 3.39. The first kappa shape index (κ1) is 15.9. The summed E-state index contributed by atoms with van der Waals surface area (Å²) in [6.07, 6.45) is 0.388. The second-order valence-electron chi connectivity index (χ2n) is 4.68. The Morgan fingerprint density at radius 2 is 1.91 bits per heavy atom. The second kappa shape index (κ2) is 6.98. The molecule has 0 N–H and O–H groups in total. The number of carbonyl (C=O) groups excluding carboxylic acids is 1. The number of ether oxygens (including phenoxy) is 1. The molecule has 22 heavy (non-hydrogen) atoms. The zero-order chi connectivity index (χ0) is 16.1. The van der Waals surface area contributed by atoms with Gasteiger partial charge in [-0.05, 0) is 43.7 Å². The molecular formula is C16H17FN2O3. The highest BCUT2D eigenvalue weighted by Gasteiger charge is 2.22. The Morgan fingerprint density at radius 3 is 2.50 bits per heavy atom. The van der Waals surface area contributed by atoms with Crippen molar-refractivity contribution in [3.63, 3.8) is 0 Å². The predicted octanol–water partition coefficient (Wildman–Crippen LogP) is 2.56. The molecular weight excluding hydrogens is 287 g/mol. The molecule has 0 aliphatic rings. The van der Waals surface area contributed by atoms with Gasteiger partial charge in [0.15, 0.2) is 6.04 Å². The van der Waals surface area contributed by atoms with Crippen LogP contribution >= 0.6 is 0 Å². The Hall–Kier alpha value is -2.50. The standard InChI is InChI=1S/C16H17FN2O3/c1-3-14(16(21)22-4-2)19-15(20)10-9-13(18-19)11-5-7-12(17)8-6-11/h5-10,14H,3-4H2,1-2H3/t14-/m1/s1. The van der Waals surface area contributed by atoms with Crippen molar-refractivity contribution >= 4 is 5.97 Å². The van der Waals surface area contributed by atoms with E-state index in [1.165, 1.54) is 18.2 Å². The van der Waals surface area contributed by atoms with E-state index in [4.69, 9.17) is 4.74 Å². The topological polar surface area (TPSA) is 61.2 Å². The van der Waals surface area contributed by atoms with E-state index in [0.717, 1.165) is 4.68 Å². The lowest BCUT2D eigenvalue weighted by atomic mass is 10.1. The highest BCUT2D eigenvalue weighted by atomic mass is 19.1. The van der Waals surface area contributed by atoms with E-state index in [0.29, 0.717) is 17.7 Å². The van der Waals surface area contributed by atoms with Gasteiger partial charge in [0.2, 0.25) is 0 Å². The summed E-state index contributed by atoms with van der Waals surface area (Å²) in [5, 5.41) is 4.23. The number of esters is 1. The van der Waals surface area contributed by atoms with Gasteiger partial charge in [0.1, 0.15) is 5.82 Å². The number of halogens is 1. The molecule has 0 amide bonds. The Labute approximate surface area is 127 Å². The minimum absolute atomic E-state index is 0.238. The van der Waals surface area contributed by atoms with Crippen molar-refractivity contribution in [1.29, 1.82) is 0 Å². The molecule has 0 saturated carbocycles. The molecule has 5 nitrogen and oxygen atoms in total. The summed E-state index contributed by atoms with van der Waals surface area (Å²) in [7, 11) is 0. The number of rotatable bonds is 5. The van der Waals surface area contributed by atoms with Crippen LogP contribution in [0.4, 0.5) is 4.39 Å². The molecule has 6 heteroatoms. The van der Waals surface area contributed by atoms with Gasteiger partial charge in [0.05, 0.1) is 12.3 Å². The summed E-state index contributed by atoms with van der Waals surface area (Å²) in [6, 6.07) is 7.88. The fourth-order valence-electron chi connectivity index (χ4n) is 2.10. The average molecular weight is 304 g/mol. The van der Waals surface area contributed by atoms with E-state index in [1.54, 1.807) is 32.0 Å². The van der Waals surface area contributed by atoms with E-state index >= 15 is 0 Å². The van der Waals surface area contributed by atoms with Crippen molar-refractivity contribution < 1.29 is 13.9 Å². The van der Waals surface area contributed by atoms with Crippen LogP contribution in [0.5, 0.6) is 0 Å². The first-order chi connectivity index (χ1) is 10.6. The van der Waals surface area contributed by atoms with Crippen LogP contribution in [0.25, 0.3) is 11.3 Å². The summed E-state index contributed by atoms with van der Waals surface area (Å²) in [5.41, 5.74) is 0.766. The minimum atomic E-state index is -0.771. The molecule has 2 rings (SSSR count). The molecule has 0 unspecified atom stereocenters. The summed E-state index contributed by atoms with van der Waals surface area (Å²) in [4.78, 5) is 23.9. The number of carbonyl (C=O) groups is 1. The van der Waals surface area contributed by atoms with Crippen molar-refractivity contribution in [2.75, 3.05) is 6.61 Å². The maximum atomic E-state index is 13.0. The van der Waals surface area contributed by atoms with Crippen LogP contribution < -0.4 is 5.56 Å². The number of aromatic nitrogens is 2. The van der Waals surface area contributed by atoms with E-state index in [2.05, 4.69) is 5.10 Å². The van der Waals surface area contributed by atoms with Gasteiger partial charge < -0.3 is 4.74 Å². The predicted molar refractivity (Wildman–Crippen MR) is 79.9 cm³/mol.